The van der Waals surface area contributed by atoms with Crippen molar-refractivity contribution in [3.63, 3.8) is 0 Å². The summed E-state index contributed by atoms with van der Waals surface area (Å²) in [5.41, 5.74) is -0.516. The zero-order valence-electron chi connectivity index (χ0n) is 13.1. The van der Waals surface area contributed by atoms with Gasteiger partial charge in [-0.05, 0) is 63.8 Å². The molecule has 1 aromatic carbocycles. The third-order valence-electron chi connectivity index (χ3n) is 4.36. The summed E-state index contributed by atoms with van der Waals surface area (Å²) in [5, 5.41) is 0. The molecule has 0 aromatic heterocycles. The molecule has 0 unspecified atom stereocenters. The molecule has 0 atom stereocenters. The lowest BCUT2D eigenvalue weighted by Gasteiger charge is -2.28. The molecule has 0 amide bonds. The Bertz CT molecular complexity index is 618. The number of sulfonamides is 1. The van der Waals surface area contributed by atoms with Crippen molar-refractivity contribution in [1.82, 2.24) is 4.31 Å². The lowest BCUT2D eigenvalue weighted by Crippen LogP contribution is -2.44. The maximum Gasteiger partial charge on any atom is 0.245 e. The Morgan fingerprint density at radius 2 is 1.82 bits per heavy atom. The average molecular weight is 325 g/mol. The first-order chi connectivity index (χ1) is 10.4. The van der Waals surface area contributed by atoms with Gasteiger partial charge in [0, 0.05) is 0 Å². The van der Waals surface area contributed by atoms with Gasteiger partial charge in [-0.3, -0.25) is 0 Å². The Morgan fingerprint density at radius 3 is 2.36 bits per heavy atom. The highest BCUT2D eigenvalue weighted by Crippen LogP contribution is 2.30. The van der Waals surface area contributed by atoms with Crippen LogP contribution in [0.15, 0.2) is 29.2 Å². The first kappa shape index (κ1) is 15.8. The van der Waals surface area contributed by atoms with Crippen LogP contribution in [0.3, 0.4) is 0 Å². The summed E-state index contributed by atoms with van der Waals surface area (Å²) in [7, 11) is -3.54. The molecule has 2 aliphatic rings. The minimum atomic E-state index is -3.54. The van der Waals surface area contributed by atoms with E-state index in [0.717, 1.165) is 18.6 Å². The lowest BCUT2D eigenvalue weighted by molar-refractivity contribution is 0.171. The highest BCUT2D eigenvalue weighted by molar-refractivity contribution is 7.89. The molecule has 2 fully saturated rings. The minimum Gasteiger partial charge on any atom is -0.490 e. The van der Waals surface area contributed by atoms with E-state index in [0.29, 0.717) is 6.61 Å². The SMILES string of the molecule is CC1(C)COCN1S(=O)(=O)c1ccc(OC2CCCC2)cc1. The molecule has 0 spiro atoms. The Labute approximate surface area is 132 Å². The van der Waals surface area contributed by atoms with Crippen LogP contribution in [-0.4, -0.2) is 37.7 Å². The molecule has 1 saturated carbocycles. The third kappa shape index (κ3) is 3.00. The van der Waals surface area contributed by atoms with Crippen molar-refractivity contribution in [2.75, 3.05) is 13.3 Å². The highest BCUT2D eigenvalue weighted by Gasteiger charge is 2.42. The monoisotopic (exact) mass is 325 g/mol. The summed E-state index contributed by atoms with van der Waals surface area (Å²) < 4.78 is 38.0. The van der Waals surface area contributed by atoms with Crippen LogP contribution < -0.4 is 4.74 Å². The van der Waals surface area contributed by atoms with E-state index in [1.54, 1.807) is 24.3 Å². The predicted octanol–water partition coefficient (Wildman–Crippen LogP) is 2.77. The van der Waals surface area contributed by atoms with Gasteiger partial charge in [0.15, 0.2) is 0 Å². The zero-order chi connectivity index (χ0) is 15.8. The third-order valence-corrected chi connectivity index (χ3v) is 6.40. The number of ether oxygens (including phenoxy) is 2. The fraction of sp³-hybridized carbons (Fsp3) is 0.625. The van der Waals surface area contributed by atoms with E-state index >= 15 is 0 Å². The van der Waals surface area contributed by atoms with Crippen molar-refractivity contribution in [3.8, 4) is 5.75 Å². The van der Waals surface area contributed by atoms with E-state index in [9.17, 15) is 8.42 Å². The first-order valence-corrected chi connectivity index (χ1v) is 9.21. The fourth-order valence-electron chi connectivity index (χ4n) is 3.04. The molecular formula is C16H23NO4S. The molecule has 1 aromatic rings. The van der Waals surface area contributed by atoms with Gasteiger partial charge in [-0.15, -0.1) is 0 Å². The molecule has 3 rings (SSSR count). The normalized spacial score (nSPS) is 23.0. The largest absolute Gasteiger partial charge is 0.490 e. The average Bonchev–Trinajstić information content (AvgIpc) is 3.08. The van der Waals surface area contributed by atoms with Crippen molar-refractivity contribution in [2.45, 2.75) is 56.1 Å². The predicted molar refractivity (Wildman–Crippen MR) is 83.2 cm³/mol. The summed E-state index contributed by atoms with van der Waals surface area (Å²) in [6.45, 7) is 4.26. The van der Waals surface area contributed by atoms with Gasteiger partial charge in [-0.2, -0.15) is 4.31 Å². The maximum atomic E-state index is 12.7. The summed E-state index contributed by atoms with van der Waals surface area (Å²) in [6, 6.07) is 6.73. The van der Waals surface area contributed by atoms with Crippen LogP contribution in [0.4, 0.5) is 0 Å². The second-order valence-electron chi connectivity index (χ2n) is 6.64. The van der Waals surface area contributed by atoms with Crippen molar-refractivity contribution in [3.05, 3.63) is 24.3 Å². The van der Waals surface area contributed by atoms with Crippen LogP contribution in [-0.2, 0) is 14.8 Å². The molecule has 1 heterocycles. The molecule has 1 saturated heterocycles. The molecule has 5 nitrogen and oxygen atoms in total. The highest BCUT2D eigenvalue weighted by atomic mass is 32.2. The van der Waals surface area contributed by atoms with E-state index < -0.39 is 15.6 Å². The number of benzene rings is 1. The fourth-order valence-corrected chi connectivity index (χ4v) is 4.69. The molecule has 122 valence electrons. The van der Waals surface area contributed by atoms with E-state index in [-0.39, 0.29) is 17.7 Å². The van der Waals surface area contributed by atoms with Crippen LogP contribution in [0, 0.1) is 0 Å². The standard InChI is InChI=1S/C16H23NO4S/c1-16(2)11-20-12-17(16)22(18,19)15-9-7-14(8-10-15)21-13-5-3-4-6-13/h7-10,13H,3-6,11-12H2,1-2H3. The van der Waals surface area contributed by atoms with Crippen LogP contribution in [0.1, 0.15) is 39.5 Å². The Kier molecular flexibility index (Phi) is 4.18. The molecule has 1 aliphatic carbocycles. The Morgan fingerprint density at radius 1 is 1.18 bits per heavy atom. The maximum absolute atomic E-state index is 12.7. The quantitative estimate of drug-likeness (QED) is 0.854. The molecule has 0 radical (unpaired) electrons. The van der Waals surface area contributed by atoms with Crippen LogP contribution in [0.5, 0.6) is 5.75 Å². The first-order valence-electron chi connectivity index (χ1n) is 7.77. The van der Waals surface area contributed by atoms with Crippen LogP contribution in [0.25, 0.3) is 0 Å². The summed E-state index contributed by atoms with van der Waals surface area (Å²) in [4.78, 5) is 0.282. The number of rotatable bonds is 4. The van der Waals surface area contributed by atoms with Gasteiger partial charge in [-0.25, -0.2) is 8.42 Å². The van der Waals surface area contributed by atoms with Gasteiger partial charge in [0.25, 0.3) is 0 Å². The molecule has 0 N–H and O–H groups in total. The van der Waals surface area contributed by atoms with Gasteiger partial charge in [-0.1, -0.05) is 0 Å². The molecule has 6 heteroatoms. The summed E-state index contributed by atoms with van der Waals surface area (Å²) in [6.07, 6.45) is 4.86. The zero-order valence-corrected chi connectivity index (χ0v) is 13.9. The lowest BCUT2D eigenvalue weighted by atomic mass is 10.1. The number of nitrogens with zero attached hydrogens (tertiary/aromatic N) is 1. The summed E-state index contributed by atoms with van der Waals surface area (Å²) >= 11 is 0. The Hall–Kier alpha value is -1.11. The van der Waals surface area contributed by atoms with Crippen molar-refractivity contribution in [1.29, 1.82) is 0 Å². The van der Waals surface area contributed by atoms with Gasteiger partial charge >= 0.3 is 0 Å². The van der Waals surface area contributed by atoms with Crippen LogP contribution in [0.2, 0.25) is 0 Å². The van der Waals surface area contributed by atoms with E-state index in [1.807, 2.05) is 13.8 Å². The minimum absolute atomic E-state index is 0.107. The van der Waals surface area contributed by atoms with Crippen molar-refractivity contribution < 1.29 is 17.9 Å². The van der Waals surface area contributed by atoms with Gasteiger partial charge in [0.2, 0.25) is 10.0 Å². The van der Waals surface area contributed by atoms with E-state index in [4.69, 9.17) is 9.47 Å². The van der Waals surface area contributed by atoms with E-state index in [1.165, 1.54) is 17.1 Å². The van der Waals surface area contributed by atoms with Gasteiger partial charge < -0.3 is 9.47 Å². The Balaban J connectivity index is 1.76. The topological polar surface area (TPSA) is 55.8 Å². The molecule has 1 aliphatic heterocycles. The van der Waals surface area contributed by atoms with Crippen molar-refractivity contribution >= 4 is 10.0 Å². The second kappa shape index (κ2) is 5.83. The molecular weight excluding hydrogens is 302 g/mol. The second-order valence-corrected chi connectivity index (χ2v) is 8.50. The van der Waals surface area contributed by atoms with Gasteiger partial charge in [0.1, 0.15) is 12.5 Å². The smallest absolute Gasteiger partial charge is 0.245 e. The van der Waals surface area contributed by atoms with Gasteiger partial charge in [0.05, 0.1) is 23.1 Å². The number of hydrogen-bond acceptors (Lipinski definition) is 4. The molecule has 22 heavy (non-hydrogen) atoms. The summed E-state index contributed by atoms with van der Waals surface area (Å²) in [5.74, 6) is 0.739. The van der Waals surface area contributed by atoms with Crippen molar-refractivity contribution in [2.24, 2.45) is 0 Å². The van der Waals surface area contributed by atoms with E-state index in [2.05, 4.69) is 0 Å². The van der Waals surface area contributed by atoms with Crippen LogP contribution >= 0.6 is 0 Å². The number of hydrogen-bond donors (Lipinski definition) is 0. The molecule has 0 bridgehead atoms.